The van der Waals surface area contributed by atoms with Crippen molar-refractivity contribution in [1.82, 2.24) is 9.55 Å². The van der Waals surface area contributed by atoms with Crippen LogP contribution in [0.3, 0.4) is 0 Å². The summed E-state index contributed by atoms with van der Waals surface area (Å²) in [7, 11) is 0. The van der Waals surface area contributed by atoms with Crippen molar-refractivity contribution in [2.45, 2.75) is 13.5 Å². The van der Waals surface area contributed by atoms with E-state index in [0.717, 1.165) is 4.73 Å². The standard InChI is InChI=1S/C13H12N4O/c1-2-16-12(14)8-7-11-13(16)15-9-5-3-4-6-10(9)17(11)18/h3-8,14H,2H2,1H3. The van der Waals surface area contributed by atoms with Crippen molar-refractivity contribution >= 4 is 22.2 Å². The molecule has 0 atom stereocenters. The maximum atomic E-state index is 12.3. The van der Waals surface area contributed by atoms with Gasteiger partial charge in [-0.25, -0.2) is 4.98 Å². The molecule has 5 nitrogen and oxygen atoms in total. The van der Waals surface area contributed by atoms with Gasteiger partial charge in [-0.3, -0.25) is 5.41 Å². The van der Waals surface area contributed by atoms with E-state index in [1.807, 2.05) is 19.1 Å². The third kappa shape index (κ3) is 1.37. The molecule has 0 aliphatic heterocycles. The minimum atomic E-state index is 0.354. The summed E-state index contributed by atoms with van der Waals surface area (Å²) in [4.78, 5) is 4.49. The van der Waals surface area contributed by atoms with Gasteiger partial charge in [0, 0.05) is 18.7 Å². The SMILES string of the molecule is CCn1c(=N)ccc2c1nc1ccccc1[n+]2[O-]. The predicted octanol–water partition coefficient (Wildman–Crippen LogP) is 1.32. The van der Waals surface area contributed by atoms with Crippen LogP contribution in [-0.4, -0.2) is 9.55 Å². The Kier molecular flexibility index (Phi) is 2.26. The second kappa shape index (κ2) is 3.80. The normalized spacial score (nSPS) is 11.2. The highest BCUT2D eigenvalue weighted by molar-refractivity contribution is 5.79. The number of hydrogen-bond donors (Lipinski definition) is 1. The Morgan fingerprint density at radius 3 is 2.78 bits per heavy atom. The van der Waals surface area contributed by atoms with Gasteiger partial charge in [0.2, 0.25) is 11.2 Å². The van der Waals surface area contributed by atoms with Crippen LogP contribution < -0.4 is 10.2 Å². The van der Waals surface area contributed by atoms with E-state index in [0.29, 0.717) is 34.2 Å². The largest absolute Gasteiger partial charge is 0.618 e. The van der Waals surface area contributed by atoms with Gasteiger partial charge >= 0.3 is 0 Å². The van der Waals surface area contributed by atoms with Gasteiger partial charge < -0.3 is 9.77 Å². The molecule has 2 heterocycles. The van der Waals surface area contributed by atoms with Crippen LogP contribution in [-0.2, 0) is 6.54 Å². The Hall–Kier alpha value is -2.43. The summed E-state index contributed by atoms with van der Waals surface area (Å²) >= 11 is 0. The summed E-state index contributed by atoms with van der Waals surface area (Å²) in [5.74, 6) is 0. The molecule has 3 aromatic rings. The Balaban J connectivity index is 2.59. The predicted molar refractivity (Wildman–Crippen MR) is 67.7 cm³/mol. The molecule has 0 saturated heterocycles. The average molecular weight is 240 g/mol. The van der Waals surface area contributed by atoms with Crippen LogP contribution in [0.5, 0.6) is 0 Å². The number of aromatic nitrogens is 3. The first-order chi connectivity index (χ1) is 8.72. The van der Waals surface area contributed by atoms with E-state index < -0.39 is 0 Å². The first kappa shape index (κ1) is 10.7. The number of hydrogen-bond acceptors (Lipinski definition) is 3. The number of benzene rings is 1. The smallest absolute Gasteiger partial charge is 0.260 e. The number of pyridine rings is 1. The summed E-state index contributed by atoms with van der Waals surface area (Å²) in [6.07, 6.45) is 0. The van der Waals surface area contributed by atoms with Crippen LogP contribution in [0.25, 0.3) is 22.2 Å². The molecule has 0 unspecified atom stereocenters. The van der Waals surface area contributed by atoms with Gasteiger partial charge in [-0.05, 0) is 19.1 Å². The minimum Gasteiger partial charge on any atom is -0.618 e. The zero-order valence-corrected chi connectivity index (χ0v) is 9.92. The van der Waals surface area contributed by atoms with E-state index in [4.69, 9.17) is 5.41 Å². The Bertz CT molecular complexity index is 807. The molecular weight excluding hydrogens is 228 g/mol. The molecule has 0 spiro atoms. The third-order valence-electron chi connectivity index (χ3n) is 3.04. The molecule has 2 aromatic heterocycles. The second-order valence-corrected chi connectivity index (χ2v) is 4.07. The number of para-hydroxylation sites is 2. The van der Waals surface area contributed by atoms with Gasteiger partial charge in [0.15, 0.2) is 0 Å². The van der Waals surface area contributed by atoms with Gasteiger partial charge in [0.25, 0.3) is 5.52 Å². The lowest BCUT2D eigenvalue weighted by Gasteiger charge is -2.09. The summed E-state index contributed by atoms with van der Waals surface area (Å²) in [6, 6.07) is 10.5. The van der Waals surface area contributed by atoms with Crippen molar-refractivity contribution in [2.24, 2.45) is 0 Å². The number of rotatable bonds is 1. The highest BCUT2D eigenvalue weighted by Gasteiger charge is 2.13. The van der Waals surface area contributed by atoms with Crippen LogP contribution >= 0.6 is 0 Å². The maximum Gasteiger partial charge on any atom is 0.260 e. The number of aryl methyl sites for hydroxylation is 1. The zero-order chi connectivity index (χ0) is 12.7. The molecule has 0 saturated carbocycles. The molecule has 90 valence electrons. The van der Waals surface area contributed by atoms with Crippen LogP contribution in [0.2, 0.25) is 0 Å². The summed E-state index contributed by atoms with van der Waals surface area (Å²) in [6.45, 7) is 2.55. The molecule has 1 aromatic carbocycles. The highest BCUT2D eigenvalue weighted by atomic mass is 16.5. The Morgan fingerprint density at radius 2 is 2.00 bits per heavy atom. The molecule has 0 bridgehead atoms. The minimum absolute atomic E-state index is 0.354. The lowest BCUT2D eigenvalue weighted by molar-refractivity contribution is -0.548. The van der Waals surface area contributed by atoms with E-state index in [9.17, 15) is 5.21 Å². The monoisotopic (exact) mass is 240 g/mol. The second-order valence-electron chi connectivity index (χ2n) is 4.07. The molecule has 3 rings (SSSR count). The third-order valence-corrected chi connectivity index (χ3v) is 3.04. The van der Waals surface area contributed by atoms with Gasteiger partial charge in [0.05, 0.1) is 0 Å². The number of nitrogens with one attached hydrogen (secondary N) is 1. The van der Waals surface area contributed by atoms with Gasteiger partial charge in [-0.2, -0.15) is 4.73 Å². The van der Waals surface area contributed by atoms with Gasteiger partial charge in [0.1, 0.15) is 11.0 Å². The lowest BCUT2D eigenvalue weighted by atomic mass is 10.3. The van der Waals surface area contributed by atoms with E-state index in [1.165, 1.54) is 0 Å². The highest BCUT2D eigenvalue weighted by Crippen LogP contribution is 2.12. The van der Waals surface area contributed by atoms with Crippen molar-refractivity contribution in [2.75, 3.05) is 0 Å². The molecule has 5 heteroatoms. The Labute approximate surface area is 103 Å². The van der Waals surface area contributed by atoms with Crippen molar-refractivity contribution in [3.63, 3.8) is 0 Å². The lowest BCUT2D eigenvalue weighted by Crippen LogP contribution is -2.32. The van der Waals surface area contributed by atoms with E-state index in [1.54, 1.807) is 28.8 Å². The van der Waals surface area contributed by atoms with Crippen molar-refractivity contribution in [1.29, 1.82) is 5.41 Å². The van der Waals surface area contributed by atoms with E-state index >= 15 is 0 Å². The molecule has 0 aliphatic rings. The average Bonchev–Trinajstić information content (AvgIpc) is 2.39. The molecule has 0 radical (unpaired) electrons. The van der Waals surface area contributed by atoms with E-state index in [-0.39, 0.29) is 0 Å². The van der Waals surface area contributed by atoms with Crippen LogP contribution in [0.15, 0.2) is 36.4 Å². The molecule has 0 amide bonds. The summed E-state index contributed by atoms with van der Waals surface area (Å²) in [5.41, 5.74) is 2.59. The molecule has 0 aliphatic carbocycles. The van der Waals surface area contributed by atoms with Gasteiger partial charge in [-0.1, -0.05) is 12.1 Å². The summed E-state index contributed by atoms with van der Waals surface area (Å²) in [5, 5.41) is 20.1. The first-order valence-electron chi connectivity index (χ1n) is 5.79. The fourth-order valence-electron chi connectivity index (χ4n) is 2.15. The molecular formula is C13H12N4O. The van der Waals surface area contributed by atoms with Crippen molar-refractivity contribution in [3.8, 4) is 0 Å². The zero-order valence-electron chi connectivity index (χ0n) is 9.92. The topological polar surface area (TPSA) is 68.6 Å². The quantitative estimate of drug-likeness (QED) is 0.396. The number of nitrogens with zero attached hydrogens (tertiary/aromatic N) is 3. The van der Waals surface area contributed by atoms with Crippen LogP contribution in [0.4, 0.5) is 0 Å². The van der Waals surface area contributed by atoms with E-state index in [2.05, 4.69) is 4.98 Å². The first-order valence-corrected chi connectivity index (χ1v) is 5.79. The Morgan fingerprint density at radius 1 is 1.22 bits per heavy atom. The van der Waals surface area contributed by atoms with Crippen molar-refractivity contribution in [3.05, 3.63) is 47.1 Å². The summed E-state index contributed by atoms with van der Waals surface area (Å²) < 4.78 is 2.60. The number of fused-ring (bicyclic) bond motifs is 2. The molecule has 18 heavy (non-hydrogen) atoms. The van der Waals surface area contributed by atoms with Crippen molar-refractivity contribution < 1.29 is 4.73 Å². The van der Waals surface area contributed by atoms with Gasteiger partial charge in [-0.15, -0.1) is 0 Å². The molecule has 1 N–H and O–H groups in total. The fourth-order valence-corrected chi connectivity index (χ4v) is 2.15. The maximum absolute atomic E-state index is 12.3. The fraction of sp³-hybridized carbons (Fsp3) is 0.154. The van der Waals surface area contributed by atoms with Crippen LogP contribution in [0, 0.1) is 10.6 Å². The molecule has 0 fully saturated rings. The van der Waals surface area contributed by atoms with Crippen LogP contribution in [0.1, 0.15) is 6.92 Å².